The third-order valence-corrected chi connectivity index (χ3v) is 4.39. The number of cyclic esters (lactones) is 1. The smallest absolute Gasteiger partial charge is 0.414 e. The van der Waals surface area contributed by atoms with E-state index >= 15 is 0 Å². The van der Waals surface area contributed by atoms with Crippen molar-refractivity contribution in [3.63, 3.8) is 0 Å². The molecule has 2 atom stereocenters. The first kappa shape index (κ1) is 17.7. The molecule has 2 aromatic carbocycles. The summed E-state index contributed by atoms with van der Waals surface area (Å²) >= 11 is 0. The maximum atomic E-state index is 12.8. The highest BCUT2D eigenvalue weighted by Gasteiger charge is 2.55. The average molecular weight is 353 g/mol. The molecule has 1 heterocycles. The van der Waals surface area contributed by atoms with Gasteiger partial charge in [0.2, 0.25) is 6.23 Å². The first-order valence-corrected chi connectivity index (χ1v) is 8.26. The van der Waals surface area contributed by atoms with Gasteiger partial charge in [-0.25, -0.2) is 9.59 Å². The van der Waals surface area contributed by atoms with Gasteiger partial charge in [-0.2, -0.15) is 0 Å². The molecule has 0 radical (unpaired) electrons. The van der Waals surface area contributed by atoms with Crippen LogP contribution in [0.15, 0.2) is 60.7 Å². The highest BCUT2D eigenvalue weighted by molar-refractivity contribution is 5.90. The van der Waals surface area contributed by atoms with Crippen LogP contribution in [0.3, 0.4) is 0 Å². The summed E-state index contributed by atoms with van der Waals surface area (Å²) in [6, 6.07) is 18.1. The molecule has 0 saturated carbocycles. The molecule has 134 valence electrons. The number of carbonyl (C=O) groups excluding carboxylic acids is 3. The molecule has 26 heavy (non-hydrogen) atoms. The van der Waals surface area contributed by atoms with Crippen molar-refractivity contribution in [3.8, 4) is 0 Å². The summed E-state index contributed by atoms with van der Waals surface area (Å²) in [6.45, 7) is 1.57. The number of ether oxygens (including phenoxy) is 2. The maximum Gasteiger partial charge on any atom is 0.414 e. The molecule has 6 nitrogen and oxygen atoms in total. The summed E-state index contributed by atoms with van der Waals surface area (Å²) in [4.78, 5) is 37.5. The predicted octanol–water partition coefficient (Wildman–Crippen LogP) is 3.23. The SMILES string of the molecule is C[C@@]1(CC=O)C(=O)O[C@@H](c2ccccc2)N1C(=O)OCc1ccccc1. The van der Waals surface area contributed by atoms with E-state index in [2.05, 4.69) is 0 Å². The van der Waals surface area contributed by atoms with Crippen LogP contribution in [0.2, 0.25) is 0 Å². The third-order valence-electron chi connectivity index (χ3n) is 4.39. The fourth-order valence-electron chi connectivity index (χ4n) is 2.90. The quantitative estimate of drug-likeness (QED) is 0.609. The van der Waals surface area contributed by atoms with E-state index in [9.17, 15) is 14.4 Å². The minimum atomic E-state index is -1.41. The van der Waals surface area contributed by atoms with Gasteiger partial charge in [-0.3, -0.25) is 4.90 Å². The number of amides is 1. The first-order chi connectivity index (χ1) is 12.6. The molecule has 0 unspecified atom stereocenters. The van der Waals surface area contributed by atoms with Crippen LogP contribution in [0, 0.1) is 0 Å². The predicted molar refractivity (Wildman–Crippen MR) is 92.8 cm³/mol. The number of carbonyl (C=O) groups is 3. The molecule has 3 rings (SSSR count). The molecule has 1 amide bonds. The summed E-state index contributed by atoms with van der Waals surface area (Å²) in [5.74, 6) is -0.630. The molecule has 0 spiro atoms. The Morgan fingerprint density at radius 3 is 2.38 bits per heavy atom. The van der Waals surface area contributed by atoms with E-state index in [4.69, 9.17) is 9.47 Å². The summed E-state index contributed by atoms with van der Waals surface area (Å²) in [7, 11) is 0. The number of hydrogen-bond acceptors (Lipinski definition) is 5. The first-order valence-electron chi connectivity index (χ1n) is 8.26. The van der Waals surface area contributed by atoms with Crippen LogP contribution in [0.5, 0.6) is 0 Å². The molecular formula is C20H19NO5. The van der Waals surface area contributed by atoms with E-state index in [0.29, 0.717) is 11.8 Å². The second-order valence-corrected chi connectivity index (χ2v) is 6.22. The Morgan fingerprint density at radius 2 is 1.77 bits per heavy atom. The van der Waals surface area contributed by atoms with Gasteiger partial charge in [-0.15, -0.1) is 0 Å². The molecule has 0 aromatic heterocycles. The van der Waals surface area contributed by atoms with Gasteiger partial charge < -0.3 is 14.3 Å². The standard InChI is InChI=1S/C20H19NO5/c1-20(12-13-22)18(23)26-17(16-10-6-3-7-11-16)21(20)19(24)25-14-15-8-4-2-5-9-15/h2-11,13,17H,12,14H2,1H3/t17-,20+/m0/s1. The van der Waals surface area contributed by atoms with Gasteiger partial charge in [0.05, 0.1) is 0 Å². The highest BCUT2D eigenvalue weighted by Crippen LogP contribution is 2.40. The third kappa shape index (κ3) is 3.31. The van der Waals surface area contributed by atoms with Crippen molar-refractivity contribution in [2.45, 2.75) is 31.7 Å². The summed E-state index contributed by atoms with van der Waals surface area (Å²) < 4.78 is 10.8. The lowest BCUT2D eigenvalue weighted by Crippen LogP contribution is -2.50. The summed E-state index contributed by atoms with van der Waals surface area (Å²) in [5, 5.41) is 0. The zero-order valence-corrected chi connectivity index (χ0v) is 14.3. The summed E-state index contributed by atoms with van der Waals surface area (Å²) in [5.41, 5.74) is 0.0449. The second-order valence-electron chi connectivity index (χ2n) is 6.22. The highest BCUT2D eigenvalue weighted by atomic mass is 16.6. The minimum absolute atomic E-state index is 0.0586. The van der Waals surface area contributed by atoms with Gasteiger partial charge in [0.25, 0.3) is 0 Å². The van der Waals surface area contributed by atoms with E-state index < -0.39 is 23.8 Å². The molecule has 2 aromatic rings. The monoisotopic (exact) mass is 353 g/mol. The average Bonchev–Trinajstić information content (AvgIpc) is 2.93. The van der Waals surface area contributed by atoms with Crippen LogP contribution in [0.4, 0.5) is 4.79 Å². The molecule has 1 aliphatic rings. The fraction of sp³-hybridized carbons (Fsp3) is 0.250. The van der Waals surface area contributed by atoms with E-state index in [1.165, 1.54) is 11.8 Å². The Morgan fingerprint density at radius 1 is 1.15 bits per heavy atom. The van der Waals surface area contributed by atoms with Crippen LogP contribution in [-0.4, -0.2) is 28.8 Å². The minimum Gasteiger partial charge on any atom is -0.444 e. The number of rotatable bonds is 5. The zero-order chi connectivity index (χ0) is 18.6. The Kier molecular flexibility index (Phi) is 5.02. The molecule has 1 fully saturated rings. The molecule has 0 N–H and O–H groups in total. The van der Waals surface area contributed by atoms with E-state index in [1.807, 2.05) is 36.4 Å². The Balaban J connectivity index is 1.87. The largest absolute Gasteiger partial charge is 0.444 e. The van der Waals surface area contributed by atoms with Gasteiger partial charge in [-0.1, -0.05) is 60.7 Å². The van der Waals surface area contributed by atoms with Crippen LogP contribution < -0.4 is 0 Å². The molecule has 0 aliphatic carbocycles. The lowest BCUT2D eigenvalue weighted by Gasteiger charge is -2.31. The van der Waals surface area contributed by atoms with Gasteiger partial charge >= 0.3 is 12.1 Å². The van der Waals surface area contributed by atoms with Crippen LogP contribution in [0.25, 0.3) is 0 Å². The molecule has 1 saturated heterocycles. The fourth-order valence-corrected chi connectivity index (χ4v) is 2.90. The van der Waals surface area contributed by atoms with Gasteiger partial charge in [0, 0.05) is 12.0 Å². The van der Waals surface area contributed by atoms with Gasteiger partial charge in [0.1, 0.15) is 12.9 Å². The lowest BCUT2D eigenvalue weighted by molar-refractivity contribution is -0.145. The Hall–Kier alpha value is -3.15. The zero-order valence-electron chi connectivity index (χ0n) is 14.3. The molecule has 0 bridgehead atoms. The van der Waals surface area contributed by atoms with Crippen molar-refractivity contribution < 1.29 is 23.9 Å². The van der Waals surface area contributed by atoms with E-state index in [0.717, 1.165) is 5.56 Å². The number of aldehydes is 1. The number of benzene rings is 2. The molecule has 1 aliphatic heterocycles. The van der Waals surface area contributed by atoms with Gasteiger partial charge in [0.15, 0.2) is 5.54 Å². The van der Waals surface area contributed by atoms with Crippen molar-refractivity contribution in [1.82, 2.24) is 4.90 Å². The normalized spacial score (nSPS) is 22.0. The van der Waals surface area contributed by atoms with Crippen LogP contribution in [-0.2, 0) is 25.7 Å². The molecule has 6 heteroatoms. The van der Waals surface area contributed by atoms with Crippen molar-refractivity contribution in [1.29, 1.82) is 0 Å². The van der Waals surface area contributed by atoms with Crippen molar-refractivity contribution in [3.05, 3.63) is 71.8 Å². The number of esters is 1. The Labute approximate surface area is 151 Å². The van der Waals surface area contributed by atoms with E-state index in [1.54, 1.807) is 24.3 Å². The van der Waals surface area contributed by atoms with Crippen LogP contribution >= 0.6 is 0 Å². The number of hydrogen-bond donors (Lipinski definition) is 0. The topological polar surface area (TPSA) is 72.9 Å². The number of nitrogens with zero attached hydrogens (tertiary/aromatic N) is 1. The summed E-state index contributed by atoms with van der Waals surface area (Å²) in [6.07, 6.45) is -1.21. The van der Waals surface area contributed by atoms with Crippen LogP contribution in [0.1, 0.15) is 30.7 Å². The molecular weight excluding hydrogens is 334 g/mol. The lowest BCUT2D eigenvalue weighted by atomic mass is 9.97. The van der Waals surface area contributed by atoms with Gasteiger partial charge in [-0.05, 0) is 12.5 Å². The Bertz CT molecular complexity index is 792. The van der Waals surface area contributed by atoms with Crippen molar-refractivity contribution >= 4 is 18.3 Å². The van der Waals surface area contributed by atoms with Crippen molar-refractivity contribution in [2.24, 2.45) is 0 Å². The van der Waals surface area contributed by atoms with E-state index in [-0.39, 0.29) is 13.0 Å². The second kappa shape index (κ2) is 7.39. The maximum absolute atomic E-state index is 12.8. The van der Waals surface area contributed by atoms with Crippen molar-refractivity contribution in [2.75, 3.05) is 0 Å².